The van der Waals surface area contributed by atoms with Gasteiger partial charge in [-0.05, 0) is 77.3 Å². The van der Waals surface area contributed by atoms with Crippen molar-refractivity contribution in [1.82, 2.24) is 15.1 Å². The highest BCUT2D eigenvalue weighted by molar-refractivity contribution is 6.02. The number of nitrogens with zero attached hydrogens (tertiary/aromatic N) is 2. The van der Waals surface area contributed by atoms with E-state index < -0.39 is 12.1 Å². The molecule has 3 rings (SSSR count). The van der Waals surface area contributed by atoms with Gasteiger partial charge in [0, 0.05) is 50.1 Å². The van der Waals surface area contributed by atoms with Crippen LogP contribution in [0.25, 0.3) is 0 Å². The molecule has 11 heteroatoms. The minimum Gasteiger partial charge on any atom is -0.490 e. The summed E-state index contributed by atoms with van der Waals surface area (Å²) >= 11 is 0. The van der Waals surface area contributed by atoms with Crippen molar-refractivity contribution < 1.29 is 29.0 Å². The summed E-state index contributed by atoms with van der Waals surface area (Å²) in [6.45, 7) is 10.4. The van der Waals surface area contributed by atoms with Gasteiger partial charge >= 0.3 is 12.1 Å². The van der Waals surface area contributed by atoms with E-state index in [9.17, 15) is 19.5 Å². The van der Waals surface area contributed by atoms with Crippen LogP contribution in [0.3, 0.4) is 0 Å². The number of benzene rings is 2. The zero-order valence-corrected chi connectivity index (χ0v) is 26.8. The van der Waals surface area contributed by atoms with Crippen molar-refractivity contribution in [3.63, 3.8) is 0 Å². The lowest BCUT2D eigenvalue weighted by Crippen LogP contribution is -2.49. The molecule has 242 valence electrons. The summed E-state index contributed by atoms with van der Waals surface area (Å²) in [5, 5.41) is 18.6. The molecule has 0 bridgehead atoms. The van der Waals surface area contributed by atoms with E-state index in [2.05, 4.69) is 16.0 Å². The Labute approximate surface area is 261 Å². The van der Waals surface area contributed by atoms with Crippen LogP contribution in [0.4, 0.5) is 21.0 Å². The van der Waals surface area contributed by atoms with Crippen molar-refractivity contribution in [2.75, 3.05) is 44.0 Å². The van der Waals surface area contributed by atoms with Crippen molar-refractivity contribution in [2.24, 2.45) is 5.92 Å². The monoisotopic (exact) mass is 611 g/mol. The molecule has 0 spiro atoms. The maximum atomic E-state index is 14.2. The Morgan fingerprint density at radius 1 is 1.05 bits per heavy atom. The number of anilines is 2. The molecule has 2 aromatic rings. The lowest BCUT2D eigenvalue weighted by molar-refractivity contribution is -0.0122. The molecular weight excluding hydrogens is 562 g/mol. The molecule has 0 radical (unpaired) electrons. The third-order valence-electron chi connectivity index (χ3n) is 7.55. The van der Waals surface area contributed by atoms with Gasteiger partial charge in [0.05, 0.1) is 30.4 Å². The van der Waals surface area contributed by atoms with Gasteiger partial charge in [-0.1, -0.05) is 25.1 Å². The topological polar surface area (TPSA) is 132 Å². The van der Waals surface area contributed by atoms with E-state index in [1.165, 1.54) is 0 Å². The Balaban J connectivity index is 1.91. The van der Waals surface area contributed by atoms with E-state index >= 15 is 0 Å². The molecule has 0 saturated heterocycles. The highest BCUT2D eigenvalue weighted by Crippen LogP contribution is 2.28. The fraction of sp³-hybridized carbons (Fsp3) is 0.545. The number of carbonyl (C=O) groups is 3. The molecule has 11 nitrogen and oxygen atoms in total. The number of nitrogens with one attached hydrogen (secondary N) is 3. The summed E-state index contributed by atoms with van der Waals surface area (Å²) in [6, 6.07) is 12.9. The minimum absolute atomic E-state index is 0.00104. The summed E-state index contributed by atoms with van der Waals surface area (Å²) in [5.74, 6) is -0.102. The number of urea groups is 2. The molecule has 1 aliphatic rings. The number of para-hydroxylation sites is 1. The lowest BCUT2D eigenvalue weighted by atomic mass is 10.0. The van der Waals surface area contributed by atoms with Crippen LogP contribution in [-0.4, -0.2) is 90.5 Å². The third-order valence-corrected chi connectivity index (χ3v) is 7.55. The number of aliphatic hydroxyl groups excluding tert-OH is 1. The number of amides is 5. The molecule has 0 fully saturated rings. The van der Waals surface area contributed by atoms with E-state index in [1.807, 2.05) is 45.9 Å². The zero-order chi connectivity index (χ0) is 32.2. The van der Waals surface area contributed by atoms with E-state index in [-0.39, 0.29) is 54.8 Å². The van der Waals surface area contributed by atoms with Crippen LogP contribution < -0.4 is 20.7 Å². The van der Waals surface area contributed by atoms with Crippen LogP contribution in [0.1, 0.15) is 64.2 Å². The molecule has 0 saturated carbocycles. The van der Waals surface area contributed by atoms with Crippen LogP contribution in [-0.2, 0) is 4.74 Å². The van der Waals surface area contributed by atoms with Gasteiger partial charge in [0.15, 0.2) is 0 Å². The summed E-state index contributed by atoms with van der Waals surface area (Å²) in [7, 11) is 1.73. The van der Waals surface area contributed by atoms with Gasteiger partial charge in [-0.15, -0.1) is 0 Å². The second-order valence-corrected chi connectivity index (χ2v) is 11.9. The molecule has 1 aliphatic heterocycles. The largest absolute Gasteiger partial charge is 0.490 e. The molecule has 0 unspecified atom stereocenters. The first-order chi connectivity index (χ1) is 21.0. The van der Waals surface area contributed by atoms with E-state index in [0.717, 1.165) is 19.3 Å². The average molecular weight is 612 g/mol. The second kappa shape index (κ2) is 16.9. The molecule has 2 aromatic carbocycles. The lowest BCUT2D eigenvalue weighted by Gasteiger charge is -2.36. The summed E-state index contributed by atoms with van der Waals surface area (Å²) in [6.07, 6.45) is 1.92. The van der Waals surface area contributed by atoms with E-state index in [0.29, 0.717) is 30.3 Å². The molecule has 4 atom stereocenters. The number of likely N-dealkylation sites (N-methyl/N-ethyl adjacent to an activating group) is 1. The third kappa shape index (κ3) is 10.4. The van der Waals surface area contributed by atoms with Gasteiger partial charge in [0.2, 0.25) is 0 Å². The first-order valence-electron chi connectivity index (χ1n) is 15.5. The van der Waals surface area contributed by atoms with Crippen LogP contribution in [0.15, 0.2) is 48.5 Å². The Morgan fingerprint density at radius 3 is 2.43 bits per heavy atom. The number of fused-ring (bicyclic) bond motifs is 1. The van der Waals surface area contributed by atoms with Crippen molar-refractivity contribution in [1.29, 1.82) is 0 Å². The predicted octanol–water partition coefficient (Wildman–Crippen LogP) is 5.18. The Hall–Kier alpha value is -3.83. The Morgan fingerprint density at radius 2 is 1.75 bits per heavy atom. The summed E-state index contributed by atoms with van der Waals surface area (Å²) < 4.78 is 12.6. The quantitative estimate of drug-likeness (QED) is 0.341. The Bertz CT molecular complexity index is 1230. The number of hydrogen-bond donors (Lipinski definition) is 4. The number of hydrogen-bond acceptors (Lipinski definition) is 6. The number of ether oxygens (including phenoxy) is 2. The smallest absolute Gasteiger partial charge is 0.323 e. The molecule has 1 heterocycles. The minimum atomic E-state index is -0.510. The first-order valence-corrected chi connectivity index (χ1v) is 15.5. The molecular formula is C33H49N5O6. The van der Waals surface area contributed by atoms with E-state index in [1.54, 1.807) is 54.1 Å². The van der Waals surface area contributed by atoms with Gasteiger partial charge in [-0.3, -0.25) is 4.79 Å². The van der Waals surface area contributed by atoms with Gasteiger partial charge in [-0.2, -0.15) is 0 Å². The van der Waals surface area contributed by atoms with Gasteiger partial charge in [0.1, 0.15) is 5.75 Å². The van der Waals surface area contributed by atoms with Crippen LogP contribution in [0.2, 0.25) is 0 Å². The molecule has 0 aliphatic carbocycles. The average Bonchev–Trinajstić information content (AvgIpc) is 2.98. The number of aliphatic hydroxyl groups is 1. The molecule has 44 heavy (non-hydrogen) atoms. The first kappa shape index (κ1) is 34.7. The number of rotatable bonds is 7. The second-order valence-electron chi connectivity index (χ2n) is 11.9. The van der Waals surface area contributed by atoms with Crippen LogP contribution >= 0.6 is 0 Å². The molecule has 4 N–H and O–H groups in total. The van der Waals surface area contributed by atoms with Crippen LogP contribution in [0, 0.1) is 5.92 Å². The summed E-state index contributed by atoms with van der Waals surface area (Å²) in [4.78, 5) is 42.8. The van der Waals surface area contributed by atoms with Crippen molar-refractivity contribution in [3.8, 4) is 5.75 Å². The predicted molar refractivity (Wildman–Crippen MR) is 172 cm³/mol. The SMILES string of the molecule is CC(C)NC(=O)N(C)C[C@@H]1OCCCC[C@H](C)Oc2ccc(NC(=O)Nc3ccccc3)cc2C(=O)N([C@@H](C)CO)C[C@H]1C. The van der Waals surface area contributed by atoms with E-state index in [4.69, 9.17) is 9.47 Å². The highest BCUT2D eigenvalue weighted by Gasteiger charge is 2.31. The summed E-state index contributed by atoms with van der Waals surface area (Å²) in [5.41, 5.74) is 1.34. The number of carbonyl (C=O) groups excluding carboxylic acids is 3. The van der Waals surface area contributed by atoms with Crippen molar-refractivity contribution in [2.45, 2.75) is 78.2 Å². The van der Waals surface area contributed by atoms with Gasteiger partial charge in [-0.25, -0.2) is 9.59 Å². The standard InChI is InChI=1S/C33H49N5O6/c1-22(2)34-33(42)37(6)20-30-23(3)19-38(24(4)21-39)31(40)28-18-27(36-32(41)35-26-13-8-7-9-14-26)15-16-29(28)44-25(5)12-10-11-17-43-30/h7-9,13-16,18,22-25,30,39H,10-12,17,19-21H2,1-6H3,(H,34,42)(H2,35,36,41)/t23-,24+,25+,30+/m1/s1. The maximum absolute atomic E-state index is 14.2. The van der Waals surface area contributed by atoms with Crippen molar-refractivity contribution >= 4 is 29.3 Å². The molecule has 5 amide bonds. The van der Waals surface area contributed by atoms with Gasteiger partial charge < -0.3 is 40.3 Å². The zero-order valence-electron chi connectivity index (χ0n) is 26.8. The van der Waals surface area contributed by atoms with Crippen molar-refractivity contribution in [3.05, 3.63) is 54.1 Å². The highest BCUT2D eigenvalue weighted by atomic mass is 16.5. The van der Waals surface area contributed by atoms with Gasteiger partial charge in [0.25, 0.3) is 5.91 Å². The van der Waals surface area contributed by atoms with Crippen LogP contribution in [0.5, 0.6) is 5.75 Å². The fourth-order valence-corrected chi connectivity index (χ4v) is 4.99. The maximum Gasteiger partial charge on any atom is 0.323 e. The molecule has 0 aromatic heterocycles. The normalized spacial score (nSPS) is 20.5. The Kier molecular flexibility index (Phi) is 13.3. The fourth-order valence-electron chi connectivity index (χ4n) is 4.99.